The van der Waals surface area contributed by atoms with Crippen LogP contribution in [0.25, 0.3) is 0 Å². The molecule has 0 spiro atoms. The van der Waals surface area contributed by atoms with Gasteiger partial charge in [-0.15, -0.1) is 11.3 Å². The highest BCUT2D eigenvalue weighted by atomic mass is 32.2. The standard InChI is InChI=1S/C22H21F4N3O2S2/c23-19-7-17(8-20(24)21(19)33(30,31)11-18-10-32-14-28-18)27-9-16-4-2-1-3-15(16)5-6-29-12-22(25,26)13-29/h1-4,7-8,10,14,27H,5-6,9,11-13H2. The van der Waals surface area contributed by atoms with Crippen LogP contribution in [0.15, 0.2) is 52.2 Å². The maximum Gasteiger partial charge on any atom is 0.272 e. The minimum atomic E-state index is -4.25. The highest BCUT2D eigenvalue weighted by Crippen LogP contribution is 2.28. The van der Waals surface area contributed by atoms with E-state index in [2.05, 4.69) is 10.3 Å². The van der Waals surface area contributed by atoms with Crippen molar-refractivity contribution in [1.29, 1.82) is 0 Å². The fourth-order valence-corrected chi connectivity index (χ4v) is 5.82. The first kappa shape index (κ1) is 23.7. The molecule has 1 saturated heterocycles. The van der Waals surface area contributed by atoms with Crippen molar-refractivity contribution in [3.63, 3.8) is 0 Å². The molecule has 1 N–H and O–H groups in total. The summed E-state index contributed by atoms with van der Waals surface area (Å²) < 4.78 is 80.2. The number of likely N-dealkylation sites (tertiary alicyclic amines) is 1. The lowest BCUT2D eigenvalue weighted by molar-refractivity contribution is -0.129. The summed E-state index contributed by atoms with van der Waals surface area (Å²) in [7, 11) is -4.25. The lowest BCUT2D eigenvalue weighted by Crippen LogP contribution is -2.56. The maximum atomic E-state index is 14.6. The summed E-state index contributed by atoms with van der Waals surface area (Å²) in [6, 6.07) is 9.26. The van der Waals surface area contributed by atoms with E-state index < -0.39 is 38.0 Å². The van der Waals surface area contributed by atoms with E-state index in [9.17, 15) is 26.0 Å². The number of thiazole rings is 1. The molecule has 0 radical (unpaired) electrons. The van der Waals surface area contributed by atoms with Crippen molar-refractivity contribution in [2.45, 2.75) is 29.5 Å². The Morgan fingerprint density at radius 2 is 1.76 bits per heavy atom. The molecule has 33 heavy (non-hydrogen) atoms. The molecule has 0 bridgehead atoms. The largest absolute Gasteiger partial charge is 0.381 e. The van der Waals surface area contributed by atoms with Gasteiger partial charge in [0.25, 0.3) is 5.92 Å². The Morgan fingerprint density at radius 3 is 2.36 bits per heavy atom. The van der Waals surface area contributed by atoms with Gasteiger partial charge in [-0.25, -0.2) is 31.0 Å². The van der Waals surface area contributed by atoms with E-state index in [-0.39, 0.29) is 31.0 Å². The highest BCUT2D eigenvalue weighted by Gasteiger charge is 2.43. The molecule has 5 nitrogen and oxygen atoms in total. The molecule has 0 aliphatic carbocycles. The van der Waals surface area contributed by atoms with Crippen LogP contribution >= 0.6 is 11.3 Å². The van der Waals surface area contributed by atoms with Gasteiger partial charge >= 0.3 is 0 Å². The summed E-state index contributed by atoms with van der Waals surface area (Å²) in [6.45, 7) is 0.227. The Bertz CT molecular complexity index is 1200. The minimum Gasteiger partial charge on any atom is -0.381 e. The number of halogens is 4. The molecule has 1 aromatic heterocycles. The zero-order valence-corrected chi connectivity index (χ0v) is 19.0. The number of nitrogens with zero attached hydrogens (tertiary/aromatic N) is 2. The van der Waals surface area contributed by atoms with Gasteiger partial charge < -0.3 is 5.32 Å². The van der Waals surface area contributed by atoms with Crippen LogP contribution < -0.4 is 5.32 Å². The van der Waals surface area contributed by atoms with Gasteiger partial charge in [-0.1, -0.05) is 24.3 Å². The van der Waals surface area contributed by atoms with Crippen molar-refractivity contribution < 1.29 is 26.0 Å². The van der Waals surface area contributed by atoms with Crippen LogP contribution in [0.4, 0.5) is 23.2 Å². The molecule has 1 fully saturated rings. The van der Waals surface area contributed by atoms with Gasteiger partial charge in [0.05, 0.1) is 30.0 Å². The Kier molecular flexibility index (Phi) is 6.73. The molecule has 176 valence electrons. The van der Waals surface area contributed by atoms with Crippen molar-refractivity contribution >= 4 is 26.9 Å². The first-order valence-corrected chi connectivity index (χ1v) is 12.7. The summed E-state index contributed by atoms with van der Waals surface area (Å²) in [6.07, 6.45) is 0.560. The summed E-state index contributed by atoms with van der Waals surface area (Å²) >= 11 is 1.19. The number of anilines is 1. The second kappa shape index (κ2) is 9.40. The average Bonchev–Trinajstić information content (AvgIpc) is 3.21. The van der Waals surface area contributed by atoms with Crippen molar-refractivity contribution in [1.82, 2.24) is 9.88 Å². The zero-order valence-electron chi connectivity index (χ0n) is 17.4. The van der Waals surface area contributed by atoms with E-state index in [4.69, 9.17) is 0 Å². The van der Waals surface area contributed by atoms with Crippen molar-refractivity contribution in [2.75, 3.05) is 25.0 Å². The van der Waals surface area contributed by atoms with E-state index in [0.717, 1.165) is 23.3 Å². The lowest BCUT2D eigenvalue weighted by atomic mass is 10.0. The number of hydrogen-bond donors (Lipinski definition) is 1. The molecule has 0 saturated carbocycles. The summed E-state index contributed by atoms with van der Waals surface area (Å²) in [4.78, 5) is 4.55. The van der Waals surface area contributed by atoms with Crippen molar-refractivity contribution in [3.8, 4) is 0 Å². The second-order valence-corrected chi connectivity index (χ2v) is 10.6. The molecule has 0 atom stereocenters. The number of sulfone groups is 1. The Hall–Kier alpha value is -2.50. The van der Waals surface area contributed by atoms with Crippen LogP contribution in [0.5, 0.6) is 0 Å². The first-order chi connectivity index (χ1) is 15.6. The molecule has 3 aromatic rings. The van der Waals surface area contributed by atoms with Crippen molar-refractivity contribution in [2.24, 2.45) is 0 Å². The third-order valence-corrected chi connectivity index (χ3v) is 7.66. The first-order valence-electron chi connectivity index (χ1n) is 10.1. The number of benzene rings is 2. The van der Waals surface area contributed by atoms with Gasteiger partial charge in [0, 0.05) is 24.2 Å². The lowest BCUT2D eigenvalue weighted by Gasteiger charge is -2.38. The highest BCUT2D eigenvalue weighted by molar-refractivity contribution is 7.90. The minimum absolute atomic E-state index is 0.0924. The second-order valence-electron chi connectivity index (χ2n) is 7.95. The SMILES string of the molecule is O=S(=O)(Cc1cscn1)c1c(F)cc(NCc2ccccc2CCN2CC(F)(F)C2)cc1F. The van der Waals surface area contributed by atoms with E-state index >= 15 is 0 Å². The Labute approximate surface area is 193 Å². The molecule has 2 heterocycles. The number of aromatic nitrogens is 1. The monoisotopic (exact) mass is 499 g/mol. The van der Waals surface area contributed by atoms with E-state index in [0.29, 0.717) is 13.0 Å². The third kappa shape index (κ3) is 5.71. The number of rotatable bonds is 9. The summed E-state index contributed by atoms with van der Waals surface area (Å²) in [5, 5.41) is 4.43. The molecule has 0 unspecified atom stereocenters. The fraction of sp³-hybridized carbons (Fsp3) is 0.318. The fourth-order valence-electron chi connectivity index (χ4n) is 3.75. The van der Waals surface area contributed by atoms with E-state index in [1.807, 2.05) is 24.3 Å². The molecule has 4 rings (SSSR count). The van der Waals surface area contributed by atoms with Gasteiger partial charge in [0.2, 0.25) is 0 Å². The number of nitrogens with one attached hydrogen (secondary N) is 1. The zero-order chi connectivity index (χ0) is 23.6. The molecule has 11 heteroatoms. The maximum absolute atomic E-state index is 14.6. The van der Waals surface area contributed by atoms with Crippen LogP contribution in [0, 0.1) is 11.6 Å². The Morgan fingerprint density at radius 1 is 1.09 bits per heavy atom. The molecular formula is C22H21F4N3O2S2. The van der Waals surface area contributed by atoms with Crippen molar-refractivity contribution in [3.05, 3.63) is 75.7 Å². The van der Waals surface area contributed by atoms with E-state index in [1.165, 1.54) is 22.2 Å². The van der Waals surface area contributed by atoms with Gasteiger partial charge in [0.15, 0.2) is 9.84 Å². The summed E-state index contributed by atoms with van der Waals surface area (Å²) in [5.74, 6) is -5.57. The average molecular weight is 500 g/mol. The predicted molar refractivity (Wildman–Crippen MR) is 118 cm³/mol. The molecular weight excluding hydrogens is 478 g/mol. The normalized spacial score (nSPS) is 15.9. The van der Waals surface area contributed by atoms with Gasteiger partial charge in [-0.3, -0.25) is 4.90 Å². The van der Waals surface area contributed by atoms with Crippen LogP contribution in [0.1, 0.15) is 16.8 Å². The number of hydrogen-bond acceptors (Lipinski definition) is 6. The predicted octanol–water partition coefficient (Wildman–Crippen LogP) is 4.50. The molecule has 1 aliphatic rings. The van der Waals surface area contributed by atoms with Gasteiger partial charge in [0.1, 0.15) is 16.5 Å². The van der Waals surface area contributed by atoms with Crippen LogP contribution in [-0.2, 0) is 28.6 Å². The summed E-state index contributed by atoms with van der Waals surface area (Å²) in [5.41, 5.74) is 3.55. The van der Waals surface area contributed by atoms with Gasteiger partial charge in [-0.2, -0.15) is 0 Å². The third-order valence-electron chi connectivity index (χ3n) is 5.34. The topological polar surface area (TPSA) is 62.3 Å². The Balaban J connectivity index is 1.43. The molecule has 0 amide bonds. The smallest absolute Gasteiger partial charge is 0.272 e. The van der Waals surface area contributed by atoms with Crippen LogP contribution in [0.2, 0.25) is 0 Å². The van der Waals surface area contributed by atoms with Crippen LogP contribution in [-0.4, -0.2) is 43.9 Å². The quantitative estimate of drug-likeness (QED) is 0.440. The van der Waals surface area contributed by atoms with E-state index in [1.54, 1.807) is 4.90 Å². The van der Waals surface area contributed by atoms with Gasteiger partial charge in [-0.05, 0) is 29.7 Å². The molecule has 1 aliphatic heterocycles. The molecule has 2 aromatic carbocycles. The van der Waals surface area contributed by atoms with Crippen LogP contribution in [0.3, 0.4) is 0 Å². The number of alkyl halides is 2.